The van der Waals surface area contributed by atoms with Crippen LogP contribution < -0.4 is 10.1 Å². The van der Waals surface area contributed by atoms with Crippen molar-refractivity contribution in [3.8, 4) is 5.75 Å². The number of nitroso groups, excluding NO2 is 1. The monoisotopic (exact) mass is 192 g/mol. The summed E-state index contributed by atoms with van der Waals surface area (Å²) in [7, 11) is 0. The fourth-order valence-electron chi connectivity index (χ4n) is 1.51. The first-order valence-corrected chi connectivity index (χ1v) is 4.69. The maximum Gasteiger partial charge on any atom is 0.119 e. The molecule has 0 spiro atoms. The van der Waals surface area contributed by atoms with Gasteiger partial charge >= 0.3 is 0 Å². The standard InChI is InChI=1S/C10H12N2O2/c13-12-8-1-3-9(4-2-8)14-10-5-6-11-7-10/h1-4,10-11H,5-7H2. The van der Waals surface area contributed by atoms with Gasteiger partial charge in [-0.3, -0.25) is 0 Å². The third-order valence-electron chi connectivity index (χ3n) is 2.26. The second-order valence-electron chi connectivity index (χ2n) is 3.32. The van der Waals surface area contributed by atoms with E-state index < -0.39 is 0 Å². The van der Waals surface area contributed by atoms with Crippen molar-refractivity contribution >= 4 is 5.69 Å². The lowest BCUT2D eigenvalue weighted by atomic mass is 10.3. The zero-order valence-electron chi connectivity index (χ0n) is 7.77. The zero-order chi connectivity index (χ0) is 9.80. The molecule has 4 heteroatoms. The Morgan fingerprint density at radius 1 is 1.36 bits per heavy atom. The molecule has 74 valence electrons. The molecule has 1 aliphatic heterocycles. The topological polar surface area (TPSA) is 50.7 Å². The van der Waals surface area contributed by atoms with Gasteiger partial charge in [-0.25, -0.2) is 0 Å². The average Bonchev–Trinajstić information content (AvgIpc) is 2.72. The van der Waals surface area contributed by atoms with Crippen molar-refractivity contribution < 1.29 is 4.74 Å². The van der Waals surface area contributed by atoms with E-state index in [1.54, 1.807) is 24.3 Å². The third kappa shape index (κ3) is 2.09. The maximum atomic E-state index is 10.2. The molecule has 1 aromatic carbocycles. The molecule has 1 atom stereocenters. The van der Waals surface area contributed by atoms with E-state index in [-0.39, 0.29) is 6.10 Å². The minimum Gasteiger partial charge on any atom is -0.489 e. The van der Waals surface area contributed by atoms with E-state index in [0.29, 0.717) is 5.69 Å². The second kappa shape index (κ2) is 4.19. The quantitative estimate of drug-likeness (QED) is 0.743. The Morgan fingerprint density at radius 3 is 2.71 bits per heavy atom. The van der Waals surface area contributed by atoms with E-state index in [2.05, 4.69) is 10.5 Å². The van der Waals surface area contributed by atoms with Gasteiger partial charge in [0.2, 0.25) is 0 Å². The molecule has 1 fully saturated rings. The molecule has 2 rings (SSSR count). The first kappa shape index (κ1) is 9.15. The molecule has 1 unspecified atom stereocenters. The number of ether oxygens (including phenoxy) is 1. The Balaban J connectivity index is 1.98. The Labute approximate surface area is 82.2 Å². The van der Waals surface area contributed by atoms with Crippen molar-refractivity contribution in [2.75, 3.05) is 13.1 Å². The Hall–Kier alpha value is -1.42. The molecule has 0 amide bonds. The van der Waals surface area contributed by atoms with Crippen LogP contribution in [0.4, 0.5) is 5.69 Å². The summed E-state index contributed by atoms with van der Waals surface area (Å²) >= 11 is 0. The number of nitrogens with zero attached hydrogens (tertiary/aromatic N) is 1. The van der Waals surface area contributed by atoms with E-state index in [9.17, 15) is 4.91 Å². The lowest BCUT2D eigenvalue weighted by Crippen LogP contribution is -2.19. The highest BCUT2D eigenvalue weighted by molar-refractivity contribution is 5.40. The molecule has 0 aliphatic carbocycles. The smallest absolute Gasteiger partial charge is 0.119 e. The van der Waals surface area contributed by atoms with Crippen molar-refractivity contribution in [3.05, 3.63) is 29.2 Å². The van der Waals surface area contributed by atoms with Gasteiger partial charge in [-0.2, -0.15) is 0 Å². The third-order valence-corrected chi connectivity index (χ3v) is 2.26. The summed E-state index contributed by atoms with van der Waals surface area (Å²) in [6.07, 6.45) is 1.29. The van der Waals surface area contributed by atoms with Crippen molar-refractivity contribution in [1.82, 2.24) is 5.32 Å². The number of rotatable bonds is 3. The van der Waals surface area contributed by atoms with Gasteiger partial charge in [0.05, 0.1) is 0 Å². The summed E-state index contributed by atoms with van der Waals surface area (Å²) in [5.41, 5.74) is 0.432. The van der Waals surface area contributed by atoms with Gasteiger partial charge in [0, 0.05) is 6.54 Å². The van der Waals surface area contributed by atoms with Crippen LogP contribution >= 0.6 is 0 Å². The van der Waals surface area contributed by atoms with Gasteiger partial charge in [0.15, 0.2) is 0 Å². The van der Waals surface area contributed by atoms with E-state index in [1.807, 2.05) is 0 Å². The first-order valence-electron chi connectivity index (χ1n) is 4.69. The van der Waals surface area contributed by atoms with Gasteiger partial charge < -0.3 is 10.1 Å². The molecule has 1 aliphatic rings. The summed E-state index contributed by atoms with van der Waals surface area (Å²) in [6.45, 7) is 1.91. The van der Waals surface area contributed by atoms with Gasteiger partial charge in [-0.1, -0.05) is 0 Å². The minimum atomic E-state index is 0.255. The molecule has 0 aromatic heterocycles. The zero-order valence-corrected chi connectivity index (χ0v) is 7.77. The SMILES string of the molecule is O=Nc1ccc(OC2CCNC2)cc1. The molecular formula is C10H12N2O2. The van der Waals surface area contributed by atoms with Gasteiger partial charge in [-0.15, -0.1) is 4.91 Å². The summed E-state index contributed by atoms with van der Waals surface area (Å²) in [5.74, 6) is 0.797. The number of nitrogens with one attached hydrogen (secondary N) is 1. The summed E-state index contributed by atoms with van der Waals surface area (Å²) < 4.78 is 5.67. The first-order chi connectivity index (χ1) is 6.88. The molecule has 0 saturated carbocycles. The van der Waals surface area contributed by atoms with Crippen molar-refractivity contribution in [2.45, 2.75) is 12.5 Å². The van der Waals surface area contributed by atoms with Crippen LogP contribution in [0.25, 0.3) is 0 Å². The molecule has 0 bridgehead atoms. The molecule has 4 nitrogen and oxygen atoms in total. The normalized spacial score (nSPS) is 20.7. The van der Waals surface area contributed by atoms with Crippen LogP contribution in [0, 0.1) is 4.91 Å². The largest absolute Gasteiger partial charge is 0.489 e. The van der Waals surface area contributed by atoms with Crippen LogP contribution in [0.3, 0.4) is 0 Å². The summed E-state index contributed by atoms with van der Waals surface area (Å²) in [4.78, 5) is 10.2. The van der Waals surface area contributed by atoms with Crippen molar-refractivity contribution in [1.29, 1.82) is 0 Å². The molecule has 1 aromatic rings. The number of hydrogen-bond donors (Lipinski definition) is 1. The highest BCUT2D eigenvalue weighted by Crippen LogP contribution is 2.19. The van der Waals surface area contributed by atoms with Crippen molar-refractivity contribution in [2.24, 2.45) is 5.18 Å². The van der Waals surface area contributed by atoms with Crippen molar-refractivity contribution in [3.63, 3.8) is 0 Å². The van der Waals surface area contributed by atoms with E-state index in [1.165, 1.54) is 0 Å². The number of benzene rings is 1. The fraction of sp³-hybridized carbons (Fsp3) is 0.400. The molecule has 1 saturated heterocycles. The van der Waals surface area contributed by atoms with E-state index in [0.717, 1.165) is 25.3 Å². The van der Waals surface area contributed by atoms with Crippen LogP contribution in [0.1, 0.15) is 6.42 Å². The second-order valence-corrected chi connectivity index (χ2v) is 3.32. The summed E-state index contributed by atoms with van der Waals surface area (Å²) in [5, 5.41) is 6.05. The van der Waals surface area contributed by atoms with Crippen LogP contribution in [0.2, 0.25) is 0 Å². The summed E-state index contributed by atoms with van der Waals surface area (Å²) in [6, 6.07) is 6.86. The lowest BCUT2D eigenvalue weighted by molar-refractivity contribution is 0.223. The van der Waals surface area contributed by atoms with Crippen LogP contribution in [0.5, 0.6) is 5.75 Å². The van der Waals surface area contributed by atoms with Crippen LogP contribution in [0.15, 0.2) is 29.4 Å². The lowest BCUT2D eigenvalue weighted by Gasteiger charge is -2.11. The predicted molar refractivity (Wildman–Crippen MR) is 53.8 cm³/mol. The van der Waals surface area contributed by atoms with E-state index in [4.69, 9.17) is 4.74 Å². The van der Waals surface area contributed by atoms with Crippen LogP contribution in [-0.4, -0.2) is 19.2 Å². The number of hydrogen-bond acceptors (Lipinski definition) is 4. The maximum absolute atomic E-state index is 10.2. The van der Waals surface area contributed by atoms with Gasteiger partial charge in [0.25, 0.3) is 0 Å². The molecule has 1 N–H and O–H groups in total. The fourth-order valence-corrected chi connectivity index (χ4v) is 1.51. The molecular weight excluding hydrogens is 180 g/mol. The molecule has 14 heavy (non-hydrogen) atoms. The van der Waals surface area contributed by atoms with Gasteiger partial charge in [-0.05, 0) is 42.4 Å². The Morgan fingerprint density at radius 2 is 2.14 bits per heavy atom. The highest BCUT2D eigenvalue weighted by atomic mass is 16.5. The minimum absolute atomic E-state index is 0.255. The predicted octanol–water partition coefficient (Wildman–Crippen LogP) is 1.83. The Kier molecular flexibility index (Phi) is 2.74. The van der Waals surface area contributed by atoms with E-state index >= 15 is 0 Å². The Bertz CT molecular complexity index is 304. The average molecular weight is 192 g/mol. The highest BCUT2D eigenvalue weighted by Gasteiger charge is 2.15. The van der Waals surface area contributed by atoms with Crippen LogP contribution in [-0.2, 0) is 0 Å². The molecule has 1 heterocycles. The van der Waals surface area contributed by atoms with Gasteiger partial charge in [0.1, 0.15) is 17.5 Å². The molecule has 0 radical (unpaired) electrons.